The Hall–Kier alpha value is -3.41. The minimum atomic E-state index is -1.16. The van der Waals surface area contributed by atoms with Crippen molar-refractivity contribution >= 4 is 52.1 Å². The molecule has 3 aromatic rings. The third-order valence-corrected chi connectivity index (χ3v) is 6.98. The number of ether oxygens (including phenoxy) is 1. The van der Waals surface area contributed by atoms with E-state index in [-0.39, 0.29) is 18.1 Å². The van der Waals surface area contributed by atoms with Crippen LogP contribution >= 0.6 is 23.2 Å². The number of esters is 1. The number of hydrogen-bond acceptors (Lipinski definition) is 4. The molecule has 3 aromatic carbocycles. The number of halogens is 2. The summed E-state index contributed by atoms with van der Waals surface area (Å²) in [6.45, 7) is 0. The number of hydrogen-bond donors (Lipinski definition) is 1. The first-order valence-electron chi connectivity index (χ1n) is 10.6. The molecule has 0 aromatic heterocycles. The van der Waals surface area contributed by atoms with Crippen LogP contribution in [0.5, 0.6) is 0 Å². The number of carbonyl (C=O) groups excluding carboxylic acids is 3. The van der Waals surface area contributed by atoms with Gasteiger partial charge < -0.3 is 10.1 Å². The molecule has 1 N–H and O–H groups in total. The first-order chi connectivity index (χ1) is 16.3. The molecule has 0 saturated carbocycles. The summed E-state index contributed by atoms with van der Waals surface area (Å²) >= 11 is 12.5. The summed E-state index contributed by atoms with van der Waals surface area (Å²) in [5.41, 5.74) is 2.22. The van der Waals surface area contributed by atoms with E-state index in [1.165, 1.54) is 7.11 Å². The maximum absolute atomic E-state index is 13.7. The molecular weight excluding hydrogens is 473 g/mol. The maximum Gasteiger partial charge on any atom is 0.337 e. The van der Waals surface area contributed by atoms with Crippen molar-refractivity contribution in [1.82, 2.24) is 0 Å². The summed E-state index contributed by atoms with van der Waals surface area (Å²) in [5.74, 6) is -1.36. The Morgan fingerprint density at radius 1 is 1.00 bits per heavy atom. The van der Waals surface area contributed by atoms with Crippen molar-refractivity contribution in [3.8, 4) is 0 Å². The number of anilines is 1. The van der Waals surface area contributed by atoms with Crippen LogP contribution < -0.4 is 5.32 Å². The molecule has 0 unspecified atom stereocenters. The van der Waals surface area contributed by atoms with Gasteiger partial charge in [-0.3, -0.25) is 9.59 Å². The van der Waals surface area contributed by atoms with E-state index in [0.29, 0.717) is 32.4 Å². The van der Waals surface area contributed by atoms with Crippen LogP contribution in [-0.4, -0.2) is 24.8 Å². The molecule has 1 aliphatic heterocycles. The Morgan fingerprint density at radius 2 is 1.76 bits per heavy atom. The molecular formula is C27H19Cl2NO4. The standard InChI is InChI=1S/C27H19Cl2NO4/c1-34-25(32)17-6-2-4-15(10-17)20-14-27(21-9-8-19(29)12-23(21)30-26(27)33)22(13-24(20)31)16-5-3-7-18(28)11-16/h2-12,14,22H,13H2,1H3,(H,30,33)/t22-,27-/m0/s1. The van der Waals surface area contributed by atoms with E-state index in [1.54, 1.807) is 54.6 Å². The zero-order chi connectivity index (χ0) is 24.0. The van der Waals surface area contributed by atoms with Gasteiger partial charge in [-0.15, -0.1) is 0 Å². The Labute approximate surface area is 206 Å². The molecule has 2 atom stereocenters. The van der Waals surface area contributed by atoms with E-state index in [4.69, 9.17) is 27.9 Å². The highest BCUT2D eigenvalue weighted by atomic mass is 35.5. The number of carbonyl (C=O) groups is 3. The van der Waals surface area contributed by atoms with Crippen LogP contribution in [-0.2, 0) is 19.7 Å². The number of methoxy groups -OCH3 is 1. The Morgan fingerprint density at radius 3 is 2.53 bits per heavy atom. The van der Waals surface area contributed by atoms with Gasteiger partial charge in [-0.25, -0.2) is 4.79 Å². The summed E-state index contributed by atoms with van der Waals surface area (Å²) in [6, 6.07) is 19.2. The molecule has 5 nitrogen and oxygen atoms in total. The third kappa shape index (κ3) is 3.52. The molecule has 0 radical (unpaired) electrons. The van der Waals surface area contributed by atoms with Gasteiger partial charge in [0.05, 0.1) is 12.7 Å². The minimum absolute atomic E-state index is 0.0874. The molecule has 0 bridgehead atoms. The van der Waals surface area contributed by atoms with Gasteiger partial charge >= 0.3 is 5.97 Å². The van der Waals surface area contributed by atoms with Crippen LogP contribution in [0.15, 0.2) is 72.8 Å². The highest BCUT2D eigenvalue weighted by Gasteiger charge is 2.54. The fraction of sp³-hybridized carbons (Fsp3) is 0.148. The first kappa shape index (κ1) is 22.4. The number of rotatable bonds is 3. The Bertz CT molecular complexity index is 1400. The van der Waals surface area contributed by atoms with E-state index >= 15 is 0 Å². The van der Waals surface area contributed by atoms with Crippen molar-refractivity contribution in [2.75, 3.05) is 12.4 Å². The molecule has 34 heavy (non-hydrogen) atoms. The van der Waals surface area contributed by atoms with Crippen LogP contribution in [0.1, 0.15) is 39.4 Å². The van der Waals surface area contributed by atoms with Crippen LogP contribution in [0.2, 0.25) is 10.0 Å². The lowest BCUT2D eigenvalue weighted by Gasteiger charge is -2.38. The lowest BCUT2D eigenvalue weighted by molar-refractivity contribution is -0.121. The highest BCUT2D eigenvalue weighted by Crippen LogP contribution is 2.54. The summed E-state index contributed by atoms with van der Waals surface area (Å²) < 4.78 is 4.83. The van der Waals surface area contributed by atoms with Gasteiger partial charge in [0.2, 0.25) is 5.91 Å². The second-order valence-corrected chi connectivity index (χ2v) is 9.25. The maximum atomic E-state index is 13.7. The summed E-state index contributed by atoms with van der Waals surface area (Å²) in [4.78, 5) is 39.2. The number of amides is 1. The van der Waals surface area contributed by atoms with E-state index < -0.39 is 17.3 Å². The van der Waals surface area contributed by atoms with E-state index in [2.05, 4.69) is 5.32 Å². The average Bonchev–Trinajstić information content (AvgIpc) is 3.10. The molecule has 2 aliphatic rings. The van der Waals surface area contributed by atoms with Gasteiger partial charge in [0.15, 0.2) is 5.78 Å². The fourth-order valence-corrected chi connectivity index (χ4v) is 5.33. The zero-order valence-electron chi connectivity index (χ0n) is 18.1. The van der Waals surface area contributed by atoms with Gasteiger partial charge in [0.1, 0.15) is 5.41 Å². The highest BCUT2D eigenvalue weighted by molar-refractivity contribution is 6.31. The van der Waals surface area contributed by atoms with Gasteiger partial charge in [0.25, 0.3) is 0 Å². The van der Waals surface area contributed by atoms with Crippen molar-refractivity contribution in [3.05, 3.63) is 105 Å². The van der Waals surface area contributed by atoms with Gasteiger partial charge in [-0.1, -0.05) is 59.6 Å². The van der Waals surface area contributed by atoms with Gasteiger partial charge in [0, 0.05) is 33.6 Å². The normalized spacial score (nSPS) is 21.1. The third-order valence-electron chi connectivity index (χ3n) is 6.51. The SMILES string of the molecule is COC(=O)c1cccc(C2=C[C@@]3(C(=O)Nc4cc(Cl)ccc43)[C@H](c3cccc(Cl)c3)CC2=O)c1. The van der Waals surface area contributed by atoms with Crippen LogP contribution in [0.4, 0.5) is 5.69 Å². The monoisotopic (exact) mass is 491 g/mol. The van der Waals surface area contributed by atoms with Crippen molar-refractivity contribution in [3.63, 3.8) is 0 Å². The minimum Gasteiger partial charge on any atom is -0.465 e. The van der Waals surface area contributed by atoms with Gasteiger partial charge in [-0.2, -0.15) is 0 Å². The molecule has 1 heterocycles. The van der Waals surface area contributed by atoms with Crippen molar-refractivity contribution in [2.24, 2.45) is 0 Å². The topological polar surface area (TPSA) is 72.5 Å². The second-order valence-electron chi connectivity index (χ2n) is 8.38. The van der Waals surface area contributed by atoms with Crippen LogP contribution in [0, 0.1) is 0 Å². The van der Waals surface area contributed by atoms with E-state index in [1.807, 2.05) is 18.2 Å². The van der Waals surface area contributed by atoms with Crippen molar-refractivity contribution in [1.29, 1.82) is 0 Å². The second kappa shape index (κ2) is 8.42. The summed E-state index contributed by atoms with van der Waals surface area (Å²) in [5, 5.41) is 3.97. The van der Waals surface area contributed by atoms with Crippen LogP contribution in [0.25, 0.3) is 5.57 Å². The molecule has 0 saturated heterocycles. The Balaban J connectivity index is 1.76. The van der Waals surface area contributed by atoms with E-state index in [0.717, 1.165) is 11.1 Å². The zero-order valence-corrected chi connectivity index (χ0v) is 19.6. The van der Waals surface area contributed by atoms with Crippen LogP contribution in [0.3, 0.4) is 0 Å². The lowest BCUT2D eigenvalue weighted by atomic mass is 9.61. The molecule has 5 rings (SSSR count). The number of benzene rings is 3. The largest absolute Gasteiger partial charge is 0.465 e. The number of fused-ring (bicyclic) bond motifs is 2. The molecule has 1 spiro atoms. The average molecular weight is 492 g/mol. The molecule has 1 aliphatic carbocycles. The van der Waals surface area contributed by atoms with Crippen molar-refractivity contribution in [2.45, 2.75) is 17.8 Å². The fourth-order valence-electron chi connectivity index (χ4n) is 4.96. The lowest BCUT2D eigenvalue weighted by Crippen LogP contribution is -2.43. The Kier molecular flexibility index (Phi) is 5.54. The first-order valence-corrected chi connectivity index (χ1v) is 11.4. The van der Waals surface area contributed by atoms with Gasteiger partial charge in [-0.05, 0) is 53.1 Å². The summed E-state index contributed by atoms with van der Waals surface area (Å²) in [7, 11) is 1.30. The molecule has 0 fully saturated rings. The quantitative estimate of drug-likeness (QED) is 0.469. The molecule has 7 heteroatoms. The number of Topliss-reactive ketones (excluding diaryl/α,β-unsaturated/α-hetero) is 1. The smallest absolute Gasteiger partial charge is 0.337 e. The van der Waals surface area contributed by atoms with E-state index in [9.17, 15) is 14.4 Å². The predicted molar refractivity (Wildman–Crippen MR) is 131 cm³/mol. The van der Waals surface area contributed by atoms with Crippen molar-refractivity contribution < 1.29 is 19.1 Å². The number of nitrogens with one attached hydrogen (secondary N) is 1. The number of allylic oxidation sites excluding steroid dienone is 1. The predicted octanol–water partition coefficient (Wildman–Crippen LogP) is 5.81. The molecule has 170 valence electrons. The molecule has 1 amide bonds. The summed E-state index contributed by atoms with van der Waals surface area (Å²) in [6.07, 6.45) is 1.82. The number of ketones is 1.